The third-order valence-electron chi connectivity index (χ3n) is 6.01. The maximum Gasteiger partial charge on any atom is 0.424 e. The van der Waals surface area contributed by atoms with E-state index in [4.69, 9.17) is 14.2 Å². The van der Waals surface area contributed by atoms with Gasteiger partial charge in [0.05, 0.1) is 12.7 Å². The number of nitrogens with zero attached hydrogens (tertiary/aromatic N) is 4. The van der Waals surface area contributed by atoms with Gasteiger partial charge in [0, 0.05) is 63.2 Å². The van der Waals surface area contributed by atoms with Crippen LogP contribution in [0.5, 0.6) is 17.2 Å². The number of ether oxygens (including phenoxy) is 3. The number of amides is 2. The van der Waals surface area contributed by atoms with Crippen LogP contribution in [0.4, 0.5) is 10.6 Å². The Morgan fingerprint density at radius 1 is 1.27 bits per heavy atom. The molecule has 12 nitrogen and oxygen atoms in total. The number of phenols is 1. The topological polar surface area (TPSA) is 142 Å². The minimum atomic E-state index is -0.419. The molecule has 12 heteroatoms. The smallest absolute Gasteiger partial charge is 0.424 e. The Balaban J connectivity index is 1.56. The number of aromatic hydroxyl groups is 1. The van der Waals surface area contributed by atoms with E-state index in [2.05, 4.69) is 20.5 Å². The van der Waals surface area contributed by atoms with Crippen LogP contribution in [0.1, 0.15) is 50.3 Å². The molecular weight excluding hydrogens is 480 g/mol. The summed E-state index contributed by atoms with van der Waals surface area (Å²) < 4.78 is 16.5. The number of nitrogens with one attached hydrogen (secondary N) is 2. The molecule has 1 fully saturated rings. The van der Waals surface area contributed by atoms with Gasteiger partial charge in [-0.15, -0.1) is 0 Å². The van der Waals surface area contributed by atoms with E-state index in [0.717, 1.165) is 18.5 Å². The zero-order valence-electron chi connectivity index (χ0n) is 22.1. The van der Waals surface area contributed by atoms with Gasteiger partial charge in [-0.05, 0) is 33.1 Å². The van der Waals surface area contributed by atoms with Gasteiger partial charge in [0.1, 0.15) is 23.4 Å². The summed E-state index contributed by atoms with van der Waals surface area (Å²) in [5.74, 6) is 0.680. The molecule has 0 radical (unpaired) electrons. The van der Waals surface area contributed by atoms with Crippen molar-refractivity contribution < 1.29 is 28.9 Å². The molecule has 202 valence electrons. The van der Waals surface area contributed by atoms with Gasteiger partial charge in [0.15, 0.2) is 12.4 Å². The average Bonchev–Trinajstić information content (AvgIpc) is 3.50. The van der Waals surface area contributed by atoms with E-state index in [1.807, 2.05) is 13.8 Å². The second-order valence-corrected chi connectivity index (χ2v) is 9.36. The van der Waals surface area contributed by atoms with Crippen molar-refractivity contribution >= 4 is 24.0 Å². The van der Waals surface area contributed by atoms with Crippen molar-refractivity contribution in [3.8, 4) is 17.2 Å². The molecule has 1 aromatic carbocycles. The predicted octanol–water partition coefficient (Wildman–Crippen LogP) is 3.15. The molecule has 2 amide bonds. The lowest BCUT2D eigenvalue weighted by atomic mass is 10.0. The minimum Gasteiger partial charge on any atom is -0.507 e. The number of hydrogen-bond acceptors (Lipinski definition) is 9. The van der Waals surface area contributed by atoms with Gasteiger partial charge in [0.25, 0.3) is 5.91 Å². The number of carbonyl (C=O) groups is 2. The Labute approximate surface area is 216 Å². The molecule has 2 aromatic rings. The SMILES string of the molecule is COc1cc(O)c(C=NC(C)C)c(OCC(=O)Nc2cc(C3CCC(OC(=O)N(C)N(C)C)C3)[nH]n2)c1. The molecule has 3 N–H and O–H groups in total. The number of aliphatic imine (C=N–C) groups is 1. The van der Waals surface area contributed by atoms with E-state index in [1.54, 1.807) is 38.3 Å². The van der Waals surface area contributed by atoms with E-state index in [1.165, 1.54) is 24.4 Å². The van der Waals surface area contributed by atoms with Crippen LogP contribution in [0.25, 0.3) is 0 Å². The quantitative estimate of drug-likeness (QED) is 0.323. The molecule has 0 spiro atoms. The number of aromatic amines is 1. The van der Waals surface area contributed by atoms with E-state index in [9.17, 15) is 14.7 Å². The molecule has 1 aromatic heterocycles. The van der Waals surface area contributed by atoms with Crippen LogP contribution in [-0.4, -0.2) is 90.5 Å². The number of phenolic OH excluding ortho intramolecular Hbond substituents is 1. The summed E-state index contributed by atoms with van der Waals surface area (Å²) in [5, 5.41) is 23.3. The fraction of sp³-hybridized carbons (Fsp3) is 0.520. The number of benzene rings is 1. The summed E-state index contributed by atoms with van der Waals surface area (Å²) in [6.45, 7) is 3.51. The molecule has 0 saturated heterocycles. The number of rotatable bonds is 10. The Bertz CT molecular complexity index is 1120. The van der Waals surface area contributed by atoms with Gasteiger partial charge in [-0.3, -0.25) is 14.9 Å². The van der Waals surface area contributed by atoms with E-state index >= 15 is 0 Å². The maximum atomic E-state index is 12.5. The Morgan fingerprint density at radius 2 is 2.03 bits per heavy atom. The lowest BCUT2D eigenvalue weighted by molar-refractivity contribution is -0.118. The first-order valence-corrected chi connectivity index (χ1v) is 12.1. The summed E-state index contributed by atoms with van der Waals surface area (Å²) >= 11 is 0. The van der Waals surface area contributed by atoms with Crippen LogP contribution in [0.15, 0.2) is 23.2 Å². The number of hydrazine groups is 1. The molecule has 2 unspecified atom stereocenters. The number of anilines is 1. The van der Waals surface area contributed by atoms with Crippen LogP contribution in [0.2, 0.25) is 0 Å². The summed E-state index contributed by atoms with van der Waals surface area (Å²) in [7, 11) is 6.66. The number of carbonyl (C=O) groups excluding carboxylic acids is 2. The number of H-pyrrole nitrogens is 1. The zero-order chi connectivity index (χ0) is 27.1. The van der Waals surface area contributed by atoms with Crippen LogP contribution in [0, 0.1) is 0 Å². The zero-order valence-corrected chi connectivity index (χ0v) is 22.1. The molecule has 1 heterocycles. The Kier molecular flexibility index (Phi) is 9.34. The first-order chi connectivity index (χ1) is 17.6. The van der Waals surface area contributed by atoms with Gasteiger partial charge >= 0.3 is 6.09 Å². The van der Waals surface area contributed by atoms with Gasteiger partial charge in [-0.2, -0.15) is 5.10 Å². The van der Waals surface area contributed by atoms with Crippen molar-refractivity contribution in [2.45, 2.75) is 51.2 Å². The molecule has 37 heavy (non-hydrogen) atoms. The molecule has 0 aliphatic heterocycles. The molecule has 3 rings (SSSR count). The second-order valence-electron chi connectivity index (χ2n) is 9.36. The molecule has 1 aliphatic rings. The lowest BCUT2D eigenvalue weighted by Gasteiger charge is -2.25. The average molecular weight is 517 g/mol. The van der Waals surface area contributed by atoms with Crippen molar-refractivity contribution in [1.82, 2.24) is 20.2 Å². The highest BCUT2D eigenvalue weighted by atomic mass is 16.6. The van der Waals surface area contributed by atoms with Gasteiger partial charge in [-0.25, -0.2) is 14.8 Å². The summed E-state index contributed by atoms with van der Waals surface area (Å²) in [6, 6.07) is 4.83. The maximum absolute atomic E-state index is 12.5. The van der Waals surface area contributed by atoms with Gasteiger partial charge < -0.3 is 24.6 Å². The number of methoxy groups -OCH3 is 1. The molecule has 1 saturated carbocycles. The van der Waals surface area contributed by atoms with Crippen molar-refractivity contribution in [3.05, 3.63) is 29.5 Å². The molecule has 0 bridgehead atoms. The van der Waals surface area contributed by atoms with Crippen molar-refractivity contribution in [2.75, 3.05) is 40.2 Å². The van der Waals surface area contributed by atoms with E-state index in [-0.39, 0.29) is 36.2 Å². The van der Waals surface area contributed by atoms with Gasteiger partial charge in [-0.1, -0.05) is 0 Å². The van der Waals surface area contributed by atoms with Crippen molar-refractivity contribution in [1.29, 1.82) is 0 Å². The molecule has 2 atom stereocenters. The fourth-order valence-corrected chi connectivity index (χ4v) is 3.82. The van der Waals surface area contributed by atoms with Crippen molar-refractivity contribution in [2.24, 2.45) is 4.99 Å². The minimum absolute atomic E-state index is 0.0214. The van der Waals surface area contributed by atoms with E-state index < -0.39 is 12.0 Å². The third-order valence-corrected chi connectivity index (χ3v) is 6.01. The first kappa shape index (κ1) is 27.8. The largest absolute Gasteiger partial charge is 0.507 e. The summed E-state index contributed by atoms with van der Waals surface area (Å²) in [5.41, 5.74) is 1.22. The normalized spacial score (nSPS) is 17.4. The Morgan fingerprint density at radius 3 is 2.70 bits per heavy atom. The van der Waals surface area contributed by atoms with Crippen molar-refractivity contribution in [3.63, 3.8) is 0 Å². The molecule has 1 aliphatic carbocycles. The predicted molar refractivity (Wildman–Crippen MR) is 138 cm³/mol. The summed E-state index contributed by atoms with van der Waals surface area (Å²) in [6.07, 6.45) is 3.20. The monoisotopic (exact) mass is 516 g/mol. The highest BCUT2D eigenvalue weighted by molar-refractivity contribution is 5.92. The second kappa shape index (κ2) is 12.4. The Hall–Kier alpha value is -3.80. The van der Waals surface area contributed by atoms with Gasteiger partial charge in [0.2, 0.25) is 0 Å². The lowest BCUT2D eigenvalue weighted by Crippen LogP contribution is -2.40. The standard InChI is InChI=1S/C25H36N6O6/c1-15(2)26-13-19-21(32)10-18(35-6)11-22(19)36-14-24(33)27-23-12-20(28-29-23)16-7-8-17(9-16)37-25(34)31(5)30(3)4/h10-13,15-17,32H,7-9,14H2,1-6H3,(H2,27,28,29,33). The van der Waals surface area contributed by atoms with Crippen LogP contribution >= 0.6 is 0 Å². The highest BCUT2D eigenvalue weighted by Gasteiger charge is 2.31. The van der Waals surface area contributed by atoms with E-state index in [0.29, 0.717) is 23.6 Å². The van der Waals surface area contributed by atoms with Crippen LogP contribution in [-0.2, 0) is 9.53 Å². The fourth-order valence-electron chi connectivity index (χ4n) is 3.82. The summed E-state index contributed by atoms with van der Waals surface area (Å²) in [4.78, 5) is 29.0. The number of hydrogen-bond donors (Lipinski definition) is 3. The number of aromatic nitrogens is 2. The third kappa shape index (κ3) is 7.59. The highest BCUT2D eigenvalue weighted by Crippen LogP contribution is 2.36. The van der Waals surface area contributed by atoms with Crippen LogP contribution in [0.3, 0.4) is 0 Å². The first-order valence-electron chi connectivity index (χ1n) is 12.1. The molecular formula is C25H36N6O6. The van der Waals surface area contributed by atoms with Crippen LogP contribution < -0.4 is 14.8 Å².